The molecule has 2 heterocycles. The van der Waals surface area contributed by atoms with Gasteiger partial charge in [0, 0.05) is 12.5 Å². The molecule has 0 radical (unpaired) electrons. The minimum Gasteiger partial charge on any atom is -0.314 e. The van der Waals surface area contributed by atoms with Crippen LogP contribution in [0.1, 0.15) is 38.2 Å². The Hall–Kier alpha value is -0.410. The largest absolute Gasteiger partial charge is 0.314 e. The predicted molar refractivity (Wildman–Crippen MR) is 63.0 cm³/mol. The third-order valence-electron chi connectivity index (χ3n) is 3.17. The van der Waals surface area contributed by atoms with Gasteiger partial charge in [-0.05, 0) is 48.7 Å². The Balaban J connectivity index is 1.97. The Morgan fingerprint density at radius 2 is 2.47 bits per heavy atom. The number of piperidine rings is 1. The minimum atomic E-state index is -1.17. The second-order valence-corrected chi connectivity index (χ2v) is 5.34. The third kappa shape index (κ3) is 2.79. The number of rotatable bonds is 3. The van der Waals surface area contributed by atoms with E-state index in [2.05, 4.69) is 5.32 Å². The summed E-state index contributed by atoms with van der Waals surface area (Å²) in [5.41, 5.74) is -0.338. The van der Waals surface area contributed by atoms with E-state index in [9.17, 15) is 4.39 Å². The minimum absolute atomic E-state index is 0.355. The second kappa shape index (κ2) is 4.62. The molecule has 1 fully saturated rings. The molecule has 1 aromatic rings. The van der Waals surface area contributed by atoms with E-state index in [1.807, 2.05) is 16.8 Å². The zero-order chi connectivity index (χ0) is 10.7. The predicted octanol–water partition coefficient (Wildman–Crippen LogP) is 3.47. The van der Waals surface area contributed by atoms with Crippen LogP contribution in [0, 0.1) is 0 Å². The number of hydrogen-bond acceptors (Lipinski definition) is 2. The highest BCUT2D eigenvalue weighted by atomic mass is 32.1. The van der Waals surface area contributed by atoms with Crippen molar-refractivity contribution in [1.29, 1.82) is 0 Å². The zero-order valence-electron chi connectivity index (χ0n) is 9.13. The van der Waals surface area contributed by atoms with Crippen molar-refractivity contribution in [2.75, 3.05) is 6.54 Å². The zero-order valence-corrected chi connectivity index (χ0v) is 9.95. The Bertz CT molecular complexity index is 289. The van der Waals surface area contributed by atoms with Crippen molar-refractivity contribution in [3.05, 3.63) is 22.4 Å². The first kappa shape index (κ1) is 11.1. The van der Waals surface area contributed by atoms with Crippen LogP contribution < -0.4 is 5.32 Å². The Labute approximate surface area is 94.7 Å². The number of halogens is 1. The van der Waals surface area contributed by atoms with E-state index < -0.39 is 5.67 Å². The van der Waals surface area contributed by atoms with Crippen molar-refractivity contribution >= 4 is 11.3 Å². The topological polar surface area (TPSA) is 12.0 Å². The highest BCUT2D eigenvalue weighted by Gasteiger charge is 2.30. The summed E-state index contributed by atoms with van der Waals surface area (Å²) < 4.78 is 14.4. The van der Waals surface area contributed by atoms with Crippen LogP contribution in [0.5, 0.6) is 0 Å². The van der Waals surface area contributed by atoms with E-state index in [1.165, 1.54) is 12.8 Å². The maximum atomic E-state index is 14.4. The fraction of sp³-hybridized carbons (Fsp3) is 0.667. The fourth-order valence-electron chi connectivity index (χ4n) is 2.24. The summed E-state index contributed by atoms with van der Waals surface area (Å²) in [5, 5.41) is 7.27. The summed E-state index contributed by atoms with van der Waals surface area (Å²) in [6, 6.07) is 2.25. The molecule has 1 nitrogen and oxygen atoms in total. The monoisotopic (exact) mass is 227 g/mol. The van der Waals surface area contributed by atoms with Crippen molar-refractivity contribution in [2.24, 2.45) is 0 Å². The van der Waals surface area contributed by atoms with E-state index in [-0.39, 0.29) is 0 Å². The van der Waals surface area contributed by atoms with Gasteiger partial charge in [-0.2, -0.15) is 11.3 Å². The van der Waals surface area contributed by atoms with Crippen molar-refractivity contribution in [1.82, 2.24) is 5.32 Å². The Kier molecular flexibility index (Phi) is 3.42. The van der Waals surface area contributed by atoms with Gasteiger partial charge in [-0.15, -0.1) is 0 Å². The third-order valence-corrected chi connectivity index (χ3v) is 3.85. The first-order chi connectivity index (χ1) is 7.18. The van der Waals surface area contributed by atoms with Gasteiger partial charge < -0.3 is 5.32 Å². The lowest BCUT2D eigenvalue weighted by Gasteiger charge is -2.29. The van der Waals surface area contributed by atoms with Gasteiger partial charge in [-0.1, -0.05) is 6.42 Å². The van der Waals surface area contributed by atoms with Crippen LogP contribution in [-0.2, 0) is 5.67 Å². The smallest absolute Gasteiger partial charge is 0.135 e. The average molecular weight is 227 g/mol. The van der Waals surface area contributed by atoms with Crippen LogP contribution in [0.4, 0.5) is 4.39 Å². The van der Waals surface area contributed by atoms with Gasteiger partial charge in [0.05, 0.1) is 0 Å². The fourth-order valence-corrected chi connectivity index (χ4v) is 3.01. The van der Waals surface area contributed by atoms with Crippen LogP contribution in [-0.4, -0.2) is 12.6 Å². The second-order valence-electron chi connectivity index (χ2n) is 4.56. The standard InChI is InChI=1S/C12H18FNS/c1-12(13,10-5-7-15-9-10)8-11-4-2-3-6-14-11/h5,7,9,11,14H,2-4,6,8H2,1H3. The molecule has 1 saturated heterocycles. The Morgan fingerprint density at radius 3 is 3.07 bits per heavy atom. The molecular formula is C12H18FNS. The lowest BCUT2D eigenvalue weighted by molar-refractivity contribution is 0.147. The molecule has 84 valence electrons. The summed E-state index contributed by atoms with van der Waals surface area (Å²) in [7, 11) is 0. The normalized spacial score (nSPS) is 26.1. The van der Waals surface area contributed by atoms with Crippen molar-refractivity contribution in [3.8, 4) is 0 Å². The number of hydrogen-bond donors (Lipinski definition) is 1. The Morgan fingerprint density at radius 1 is 1.60 bits per heavy atom. The highest BCUT2D eigenvalue weighted by molar-refractivity contribution is 7.08. The van der Waals surface area contributed by atoms with Crippen LogP contribution >= 0.6 is 11.3 Å². The quantitative estimate of drug-likeness (QED) is 0.833. The summed E-state index contributed by atoms with van der Waals surface area (Å²) >= 11 is 1.57. The summed E-state index contributed by atoms with van der Waals surface area (Å²) in [6.45, 7) is 2.75. The number of nitrogens with one attached hydrogen (secondary N) is 1. The molecule has 0 aliphatic carbocycles. The summed E-state index contributed by atoms with van der Waals surface area (Å²) in [5.74, 6) is 0. The van der Waals surface area contributed by atoms with Gasteiger partial charge in [-0.25, -0.2) is 4.39 Å². The SMILES string of the molecule is CC(F)(CC1CCCCN1)c1ccsc1. The molecule has 1 N–H and O–H groups in total. The maximum absolute atomic E-state index is 14.4. The molecule has 0 spiro atoms. The van der Waals surface area contributed by atoms with Crippen LogP contribution in [0.2, 0.25) is 0 Å². The van der Waals surface area contributed by atoms with E-state index in [0.29, 0.717) is 12.5 Å². The average Bonchev–Trinajstić information content (AvgIpc) is 2.71. The van der Waals surface area contributed by atoms with Crippen LogP contribution in [0.3, 0.4) is 0 Å². The van der Waals surface area contributed by atoms with Gasteiger partial charge >= 0.3 is 0 Å². The molecule has 2 atom stereocenters. The molecule has 3 heteroatoms. The van der Waals surface area contributed by atoms with Crippen molar-refractivity contribution in [3.63, 3.8) is 0 Å². The molecule has 1 aliphatic rings. The molecule has 1 aliphatic heterocycles. The van der Waals surface area contributed by atoms with Crippen LogP contribution in [0.25, 0.3) is 0 Å². The van der Waals surface area contributed by atoms with Crippen molar-refractivity contribution in [2.45, 2.75) is 44.3 Å². The molecule has 0 amide bonds. The summed E-state index contributed by atoms with van der Waals surface area (Å²) in [6.07, 6.45) is 4.18. The molecule has 0 saturated carbocycles. The molecule has 0 aromatic carbocycles. The van der Waals surface area contributed by atoms with Gasteiger partial charge in [0.1, 0.15) is 5.67 Å². The first-order valence-corrected chi connectivity index (χ1v) is 6.58. The molecule has 2 rings (SSSR count). The molecule has 0 bridgehead atoms. The van der Waals surface area contributed by atoms with E-state index in [4.69, 9.17) is 0 Å². The molecule has 2 unspecified atom stereocenters. The van der Waals surface area contributed by atoms with E-state index >= 15 is 0 Å². The highest BCUT2D eigenvalue weighted by Crippen LogP contribution is 2.33. The molecular weight excluding hydrogens is 209 g/mol. The number of alkyl halides is 1. The lowest BCUT2D eigenvalue weighted by Crippen LogP contribution is -2.38. The van der Waals surface area contributed by atoms with E-state index in [0.717, 1.165) is 18.5 Å². The lowest BCUT2D eigenvalue weighted by atomic mass is 9.89. The van der Waals surface area contributed by atoms with Crippen molar-refractivity contribution < 1.29 is 4.39 Å². The first-order valence-electron chi connectivity index (χ1n) is 5.63. The van der Waals surface area contributed by atoms with Crippen LogP contribution in [0.15, 0.2) is 16.8 Å². The van der Waals surface area contributed by atoms with Gasteiger partial charge in [0.2, 0.25) is 0 Å². The number of thiophene rings is 1. The maximum Gasteiger partial charge on any atom is 0.135 e. The van der Waals surface area contributed by atoms with E-state index in [1.54, 1.807) is 18.3 Å². The van der Waals surface area contributed by atoms with Gasteiger partial charge in [0.15, 0.2) is 0 Å². The summed E-state index contributed by atoms with van der Waals surface area (Å²) in [4.78, 5) is 0. The van der Waals surface area contributed by atoms with Gasteiger partial charge in [-0.3, -0.25) is 0 Å². The van der Waals surface area contributed by atoms with Gasteiger partial charge in [0.25, 0.3) is 0 Å². The molecule has 15 heavy (non-hydrogen) atoms. The molecule has 1 aromatic heterocycles.